The molecule has 146 valence electrons. The van der Waals surface area contributed by atoms with Gasteiger partial charge in [-0.3, -0.25) is 19.3 Å². The largest absolute Gasteiger partial charge is 0.497 e. The number of benzene rings is 1. The van der Waals surface area contributed by atoms with Crippen molar-refractivity contribution in [2.24, 2.45) is 17.8 Å². The van der Waals surface area contributed by atoms with Crippen molar-refractivity contribution in [3.05, 3.63) is 46.9 Å². The van der Waals surface area contributed by atoms with Crippen molar-refractivity contribution in [2.75, 3.05) is 20.2 Å². The maximum Gasteiger partial charge on any atom is 0.293 e. The van der Waals surface area contributed by atoms with Gasteiger partial charge in [0, 0.05) is 19.0 Å². The van der Waals surface area contributed by atoms with Gasteiger partial charge in [-0.15, -0.1) is 0 Å². The van der Waals surface area contributed by atoms with Crippen LogP contribution in [0, 0.1) is 17.8 Å². The lowest BCUT2D eigenvalue weighted by molar-refractivity contribution is -0.127. The molecule has 3 atom stereocenters. The molecule has 2 fully saturated rings. The van der Waals surface area contributed by atoms with Crippen LogP contribution in [0.1, 0.15) is 18.4 Å². The van der Waals surface area contributed by atoms with E-state index in [1.165, 1.54) is 4.90 Å². The zero-order chi connectivity index (χ0) is 19.7. The summed E-state index contributed by atoms with van der Waals surface area (Å²) in [5.41, 5.74) is 0.823. The Morgan fingerprint density at radius 3 is 2.68 bits per heavy atom. The number of nitrogens with one attached hydrogen (secondary N) is 1. The van der Waals surface area contributed by atoms with Crippen LogP contribution in [0.25, 0.3) is 6.08 Å². The molecule has 1 aromatic carbocycles. The Morgan fingerprint density at radius 2 is 2.04 bits per heavy atom. The summed E-state index contributed by atoms with van der Waals surface area (Å²) in [6.45, 7) is 0.470. The molecule has 0 spiro atoms. The molecule has 1 N–H and O–H groups in total. The van der Waals surface area contributed by atoms with Crippen molar-refractivity contribution in [1.29, 1.82) is 0 Å². The highest BCUT2D eigenvalue weighted by Crippen LogP contribution is 2.43. The van der Waals surface area contributed by atoms with Crippen LogP contribution in [0.4, 0.5) is 4.79 Å². The molecule has 28 heavy (non-hydrogen) atoms. The SMILES string of the molecule is COc1ccc(/C=C2\SC(=O)N(CCNC(=O)[C@@H]3C[C@H]4C=C[C@@H]3C4)C2=O)cc1. The van der Waals surface area contributed by atoms with Gasteiger partial charge in [0.05, 0.1) is 12.0 Å². The number of fused-ring (bicyclic) bond motifs is 2. The van der Waals surface area contributed by atoms with Crippen LogP contribution in [-0.2, 0) is 9.59 Å². The standard InChI is InChI=1S/C21H22N2O4S/c1-27-16-6-3-13(4-7-16)12-18-20(25)23(21(26)28-18)9-8-22-19(24)17-11-14-2-5-15(17)10-14/h2-7,12,14-15,17H,8-11H2,1H3,(H,22,24)/b18-12-/t14-,15+,17+/m0/s1. The van der Waals surface area contributed by atoms with Crippen molar-refractivity contribution < 1.29 is 19.1 Å². The minimum Gasteiger partial charge on any atom is -0.497 e. The lowest BCUT2D eigenvalue weighted by Crippen LogP contribution is -2.40. The lowest BCUT2D eigenvalue weighted by atomic mass is 9.93. The molecule has 3 amide bonds. The molecule has 1 saturated heterocycles. The predicted molar refractivity (Wildman–Crippen MR) is 108 cm³/mol. The van der Waals surface area contributed by atoms with E-state index in [-0.39, 0.29) is 36.1 Å². The monoisotopic (exact) mass is 398 g/mol. The van der Waals surface area contributed by atoms with Crippen LogP contribution in [0.15, 0.2) is 41.3 Å². The number of ether oxygens (including phenoxy) is 1. The molecule has 3 aliphatic rings. The van der Waals surface area contributed by atoms with Gasteiger partial charge >= 0.3 is 0 Å². The summed E-state index contributed by atoms with van der Waals surface area (Å²) in [6.07, 6.45) is 8.00. The number of imide groups is 1. The second-order valence-corrected chi connectivity index (χ2v) is 8.28. The minimum atomic E-state index is -0.317. The van der Waals surface area contributed by atoms with Crippen molar-refractivity contribution in [2.45, 2.75) is 12.8 Å². The second-order valence-electron chi connectivity index (χ2n) is 7.28. The molecular formula is C21H22N2O4S. The first-order chi connectivity index (χ1) is 13.5. The number of carbonyl (C=O) groups is 3. The van der Waals surface area contributed by atoms with E-state index in [1.54, 1.807) is 25.3 Å². The third-order valence-corrected chi connectivity index (χ3v) is 6.44. The quantitative estimate of drug-likeness (QED) is 0.589. The van der Waals surface area contributed by atoms with Gasteiger partial charge in [-0.05, 0) is 60.2 Å². The van der Waals surface area contributed by atoms with E-state index in [2.05, 4.69) is 17.5 Å². The zero-order valence-electron chi connectivity index (χ0n) is 15.6. The van der Waals surface area contributed by atoms with Crippen molar-refractivity contribution in [3.8, 4) is 5.75 Å². The number of carbonyl (C=O) groups excluding carboxylic acids is 3. The smallest absolute Gasteiger partial charge is 0.293 e. The summed E-state index contributed by atoms with van der Waals surface area (Å²) in [7, 11) is 1.59. The number of methoxy groups -OCH3 is 1. The highest BCUT2D eigenvalue weighted by molar-refractivity contribution is 8.18. The maximum atomic E-state index is 12.5. The van der Waals surface area contributed by atoms with Crippen LogP contribution in [0.2, 0.25) is 0 Å². The number of allylic oxidation sites excluding steroid dienone is 2. The molecule has 4 rings (SSSR count). The molecule has 0 aromatic heterocycles. The number of rotatable bonds is 6. The molecule has 2 bridgehead atoms. The van der Waals surface area contributed by atoms with Crippen LogP contribution in [-0.4, -0.2) is 42.2 Å². The van der Waals surface area contributed by atoms with E-state index in [4.69, 9.17) is 4.74 Å². The molecule has 2 aliphatic carbocycles. The Labute approximate surface area is 168 Å². The molecule has 1 saturated carbocycles. The lowest BCUT2D eigenvalue weighted by Gasteiger charge is -2.19. The van der Waals surface area contributed by atoms with Crippen molar-refractivity contribution in [1.82, 2.24) is 10.2 Å². The Morgan fingerprint density at radius 1 is 1.25 bits per heavy atom. The van der Waals surface area contributed by atoms with Gasteiger partial charge in [0.25, 0.3) is 11.1 Å². The molecule has 1 aromatic rings. The van der Waals surface area contributed by atoms with Gasteiger partial charge in [-0.1, -0.05) is 24.3 Å². The fraction of sp³-hybridized carbons (Fsp3) is 0.381. The fourth-order valence-corrected chi connectivity index (χ4v) is 4.91. The maximum absolute atomic E-state index is 12.5. The average molecular weight is 398 g/mol. The van der Waals surface area contributed by atoms with Gasteiger partial charge in [-0.2, -0.15) is 0 Å². The molecule has 0 unspecified atom stereocenters. The molecular weight excluding hydrogens is 376 g/mol. The van der Waals surface area contributed by atoms with E-state index in [1.807, 2.05) is 12.1 Å². The number of amides is 3. The molecule has 0 radical (unpaired) electrons. The van der Waals surface area contributed by atoms with E-state index >= 15 is 0 Å². The van der Waals surface area contributed by atoms with E-state index in [0.29, 0.717) is 16.7 Å². The van der Waals surface area contributed by atoms with Crippen LogP contribution in [0.3, 0.4) is 0 Å². The van der Waals surface area contributed by atoms with Gasteiger partial charge in [-0.25, -0.2) is 0 Å². The van der Waals surface area contributed by atoms with E-state index in [0.717, 1.165) is 35.9 Å². The third-order valence-electron chi connectivity index (χ3n) is 5.54. The highest BCUT2D eigenvalue weighted by Gasteiger charge is 2.40. The summed E-state index contributed by atoms with van der Waals surface area (Å²) in [5.74, 6) is 1.34. The normalized spacial score (nSPS) is 27.1. The Bertz CT molecular complexity index is 862. The van der Waals surface area contributed by atoms with Crippen LogP contribution in [0.5, 0.6) is 5.75 Å². The Hall–Kier alpha value is -2.54. The van der Waals surface area contributed by atoms with Gasteiger partial charge in [0.1, 0.15) is 5.75 Å². The second kappa shape index (κ2) is 7.83. The van der Waals surface area contributed by atoms with Crippen molar-refractivity contribution >= 4 is 34.9 Å². The molecule has 6 nitrogen and oxygen atoms in total. The third kappa shape index (κ3) is 3.71. The van der Waals surface area contributed by atoms with Gasteiger partial charge in [0.15, 0.2) is 0 Å². The number of hydrogen-bond donors (Lipinski definition) is 1. The number of hydrogen-bond acceptors (Lipinski definition) is 5. The minimum absolute atomic E-state index is 0.0256. The first-order valence-corrected chi connectivity index (χ1v) is 10.2. The van der Waals surface area contributed by atoms with E-state index in [9.17, 15) is 14.4 Å². The van der Waals surface area contributed by atoms with Gasteiger partial charge < -0.3 is 10.1 Å². The zero-order valence-corrected chi connectivity index (χ0v) is 16.4. The van der Waals surface area contributed by atoms with Gasteiger partial charge in [0.2, 0.25) is 5.91 Å². The summed E-state index contributed by atoms with van der Waals surface area (Å²) >= 11 is 0.926. The van der Waals surface area contributed by atoms with Crippen LogP contribution < -0.4 is 10.1 Å². The first-order valence-electron chi connectivity index (χ1n) is 9.40. The predicted octanol–water partition coefficient (Wildman–Crippen LogP) is 3.06. The average Bonchev–Trinajstić information content (AvgIpc) is 3.40. The van der Waals surface area contributed by atoms with Crippen molar-refractivity contribution in [3.63, 3.8) is 0 Å². The topological polar surface area (TPSA) is 75.7 Å². The summed E-state index contributed by atoms with van der Waals surface area (Å²) < 4.78 is 5.12. The fourth-order valence-electron chi connectivity index (χ4n) is 4.05. The summed E-state index contributed by atoms with van der Waals surface area (Å²) in [5, 5.41) is 2.59. The number of nitrogens with zero attached hydrogens (tertiary/aromatic N) is 1. The molecule has 7 heteroatoms. The summed E-state index contributed by atoms with van der Waals surface area (Å²) in [6, 6.07) is 7.26. The molecule has 1 aliphatic heterocycles. The number of thioether (sulfide) groups is 1. The van der Waals surface area contributed by atoms with E-state index < -0.39 is 0 Å². The Kier molecular flexibility index (Phi) is 5.26. The first kappa shape index (κ1) is 18.8. The Balaban J connectivity index is 1.32. The highest BCUT2D eigenvalue weighted by atomic mass is 32.2. The molecule has 1 heterocycles. The summed E-state index contributed by atoms with van der Waals surface area (Å²) in [4.78, 5) is 38.7. The van der Waals surface area contributed by atoms with Crippen LogP contribution >= 0.6 is 11.8 Å².